The van der Waals surface area contributed by atoms with E-state index in [0.29, 0.717) is 23.7 Å². The van der Waals surface area contributed by atoms with Gasteiger partial charge in [0.1, 0.15) is 0 Å². The van der Waals surface area contributed by atoms with Crippen molar-refractivity contribution >= 4 is 0 Å². The second kappa shape index (κ2) is 8.72. The maximum atomic E-state index is 9.21. The van der Waals surface area contributed by atoms with Crippen molar-refractivity contribution in [1.82, 2.24) is 0 Å². The number of hydrogen-bond acceptors (Lipinski definition) is 3. The molecule has 0 aliphatic heterocycles. The van der Waals surface area contributed by atoms with Crippen molar-refractivity contribution in [3.63, 3.8) is 0 Å². The lowest BCUT2D eigenvalue weighted by molar-refractivity contribution is -0.165. The predicted molar refractivity (Wildman–Crippen MR) is 86.9 cm³/mol. The Morgan fingerprint density at radius 1 is 1.38 bits per heavy atom. The second-order valence-corrected chi connectivity index (χ2v) is 6.56. The second-order valence-electron chi connectivity index (χ2n) is 6.56. The van der Waals surface area contributed by atoms with Gasteiger partial charge in [-0.05, 0) is 44.4 Å². The van der Waals surface area contributed by atoms with Gasteiger partial charge in [0.2, 0.25) is 0 Å². The summed E-state index contributed by atoms with van der Waals surface area (Å²) in [4.78, 5) is 0. The van der Waals surface area contributed by atoms with Gasteiger partial charge >= 0.3 is 0 Å². The molecule has 1 aliphatic rings. The van der Waals surface area contributed by atoms with Crippen LogP contribution in [0.5, 0.6) is 0 Å². The smallest absolute Gasteiger partial charge is 0.160 e. The van der Waals surface area contributed by atoms with Gasteiger partial charge in [-0.1, -0.05) is 37.1 Å². The zero-order valence-electron chi connectivity index (χ0n) is 14.4. The van der Waals surface area contributed by atoms with Gasteiger partial charge < -0.3 is 14.6 Å². The van der Waals surface area contributed by atoms with Crippen LogP contribution in [0.25, 0.3) is 0 Å². The Bertz CT molecular complexity index is 367. The van der Waals surface area contributed by atoms with E-state index in [1.54, 1.807) is 14.2 Å². The van der Waals surface area contributed by atoms with E-state index in [-0.39, 0.29) is 12.9 Å². The van der Waals surface area contributed by atoms with Crippen molar-refractivity contribution in [1.29, 1.82) is 0 Å². The van der Waals surface area contributed by atoms with Crippen molar-refractivity contribution < 1.29 is 14.6 Å². The lowest BCUT2D eigenvalue weighted by Gasteiger charge is -2.42. The van der Waals surface area contributed by atoms with Gasteiger partial charge in [-0.15, -0.1) is 0 Å². The molecule has 0 unspecified atom stereocenters. The Kier molecular flexibility index (Phi) is 7.64. The third kappa shape index (κ3) is 4.67. The predicted octanol–water partition coefficient (Wildman–Crippen LogP) is 3.79. The number of hydrogen-bond donors (Lipinski definition) is 1. The average molecular weight is 296 g/mol. The molecular formula is C18H32O3. The van der Waals surface area contributed by atoms with Crippen LogP contribution < -0.4 is 0 Å². The average Bonchev–Trinajstić information content (AvgIpc) is 2.47. The molecule has 0 aromatic heterocycles. The molecule has 0 saturated carbocycles. The van der Waals surface area contributed by atoms with Crippen LogP contribution in [-0.2, 0) is 9.47 Å². The fourth-order valence-corrected chi connectivity index (χ4v) is 3.49. The summed E-state index contributed by atoms with van der Waals surface area (Å²) >= 11 is 0. The van der Waals surface area contributed by atoms with Crippen LogP contribution in [0.2, 0.25) is 0 Å². The monoisotopic (exact) mass is 296 g/mol. The number of allylic oxidation sites excluding steroid dienone is 3. The fraction of sp³-hybridized carbons (Fsp3) is 0.778. The first-order chi connectivity index (χ1) is 9.96. The maximum Gasteiger partial charge on any atom is 0.160 e. The van der Waals surface area contributed by atoms with Gasteiger partial charge in [-0.2, -0.15) is 0 Å². The van der Waals surface area contributed by atoms with Crippen molar-refractivity contribution in [3.05, 3.63) is 23.3 Å². The molecule has 0 radical (unpaired) electrons. The summed E-state index contributed by atoms with van der Waals surface area (Å²) in [7, 11) is 3.45. The minimum absolute atomic E-state index is 0.131. The first-order valence-electron chi connectivity index (χ1n) is 7.94. The van der Waals surface area contributed by atoms with E-state index in [9.17, 15) is 5.11 Å². The van der Waals surface area contributed by atoms with Crippen LogP contribution in [-0.4, -0.2) is 32.2 Å². The number of rotatable bonds is 7. The molecule has 0 aromatic rings. The largest absolute Gasteiger partial charge is 0.392 e. The fourth-order valence-electron chi connectivity index (χ4n) is 3.49. The molecule has 1 N–H and O–H groups in total. The van der Waals surface area contributed by atoms with Crippen LogP contribution in [0.15, 0.2) is 23.3 Å². The summed E-state index contributed by atoms with van der Waals surface area (Å²) in [6.07, 6.45) is 6.38. The molecule has 122 valence electrons. The third-order valence-corrected chi connectivity index (χ3v) is 4.86. The summed E-state index contributed by atoms with van der Waals surface area (Å²) in [5.74, 6) is 1.93. The molecular weight excluding hydrogens is 264 g/mol. The van der Waals surface area contributed by atoms with Gasteiger partial charge in [0.15, 0.2) is 6.29 Å². The number of aliphatic hydroxyl groups is 1. The van der Waals surface area contributed by atoms with Gasteiger partial charge in [0.05, 0.1) is 6.61 Å². The molecule has 1 rings (SSSR count). The molecule has 0 amide bonds. The lowest BCUT2D eigenvalue weighted by atomic mass is 9.66. The van der Waals surface area contributed by atoms with Crippen molar-refractivity contribution in [2.75, 3.05) is 20.8 Å². The summed E-state index contributed by atoms with van der Waals surface area (Å²) in [6, 6.07) is 0. The molecule has 0 heterocycles. The Morgan fingerprint density at radius 2 is 2.00 bits per heavy atom. The van der Waals surface area contributed by atoms with Gasteiger partial charge in [-0.3, -0.25) is 0 Å². The topological polar surface area (TPSA) is 38.7 Å². The number of ether oxygens (including phenoxy) is 2. The van der Waals surface area contributed by atoms with E-state index in [1.807, 2.05) is 6.92 Å². The Morgan fingerprint density at radius 3 is 2.48 bits per heavy atom. The molecule has 0 saturated heterocycles. The highest BCUT2D eigenvalue weighted by molar-refractivity contribution is 5.15. The number of aliphatic hydroxyl groups excluding tert-OH is 1. The van der Waals surface area contributed by atoms with Crippen LogP contribution in [0.4, 0.5) is 0 Å². The zero-order chi connectivity index (χ0) is 16.0. The molecule has 3 atom stereocenters. The van der Waals surface area contributed by atoms with E-state index < -0.39 is 0 Å². The summed E-state index contributed by atoms with van der Waals surface area (Å²) in [5, 5.41) is 9.21. The minimum atomic E-state index is -0.172. The molecule has 1 aliphatic carbocycles. The molecule has 0 aromatic carbocycles. The van der Waals surface area contributed by atoms with E-state index in [4.69, 9.17) is 9.47 Å². The quantitative estimate of drug-likeness (QED) is 0.574. The van der Waals surface area contributed by atoms with Crippen LogP contribution in [0, 0.1) is 23.7 Å². The van der Waals surface area contributed by atoms with Crippen LogP contribution >= 0.6 is 0 Å². The molecule has 3 heteroatoms. The maximum absolute atomic E-state index is 9.21. The van der Waals surface area contributed by atoms with E-state index in [2.05, 4.69) is 32.9 Å². The SMILES string of the molecule is COC(OC)[C@@H]1[C@@H](C(C)C)CC=C(C)[C@@H]1C/C=C(/C)CO. The van der Waals surface area contributed by atoms with Gasteiger partial charge in [-0.25, -0.2) is 0 Å². The minimum Gasteiger partial charge on any atom is -0.392 e. The van der Waals surface area contributed by atoms with Crippen LogP contribution in [0.1, 0.15) is 40.5 Å². The Labute approximate surface area is 130 Å². The Balaban J connectivity index is 3.06. The summed E-state index contributed by atoms with van der Waals surface area (Å²) in [5.41, 5.74) is 2.44. The van der Waals surface area contributed by atoms with Gasteiger partial charge in [0.25, 0.3) is 0 Å². The lowest BCUT2D eigenvalue weighted by Crippen LogP contribution is -2.41. The highest BCUT2D eigenvalue weighted by atomic mass is 16.7. The van der Waals surface area contributed by atoms with E-state index >= 15 is 0 Å². The van der Waals surface area contributed by atoms with Crippen molar-refractivity contribution in [3.8, 4) is 0 Å². The summed E-state index contributed by atoms with van der Waals surface area (Å²) < 4.78 is 11.2. The standard InChI is InChI=1S/C18H32O3/c1-12(2)15-10-8-14(4)16(9-7-13(3)11-19)17(15)18(20-5)21-6/h7-8,12,15-19H,9-11H2,1-6H3/b13-7-/t15-,16+,17-/m1/s1. The first kappa shape index (κ1) is 18.4. The molecule has 3 nitrogen and oxygen atoms in total. The van der Waals surface area contributed by atoms with Crippen molar-refractivity contribution in [2.24, 2.45) is 23.7 Å². The van der Waals surface area contributed by atoms with E-state index in [0.717, 1.165) is 18.4 Å². The van der Waals surface area contributed by atoms with Gasteiger partial charge in [0, 0.05) is 20.1 Å². The number of methoxy groups -OCH3 is 2. The molecule has 0 bridgehead atoms. The van der Waals surface area contributed by atoms with Crippen molar-refractivity contribution in [2.45, 2.75) is 46.8 Å². The zero-order valence-corrected chi connectivity index (χ0v) is 14.4. The Hall–Kier alpha value is -0.640. The highest BCUT2D eigenvalue weighted by Gasteiger charge is 2.40. The normalized spacial score (nSPS) is 27.4. The molecule has 0 spiro atoms. The summed E-state index contributed by atoms with van der Waals surface area (Å²) in [6.45, 7) is 8.87. The molecule has 0 fully saturated rings. The van der Waals surface area contributed by atoms with E-state index in [1.165, 1.54) is 5.57 Å². The highest BCUT2D eigenvalue weighted by Crippen LogP contribution is 2.43. The first-order valence-corrected chi connectivity index (χ1v) is 7.94. The molecule has 21 heavy (non-hydrogen) atoms. The third-order valence-electron chi connectivity index (χ3n) is 4.86. The van der Waals surface area contributed by atoms with Crippen LogP contribution in [0.3, 0.4) is 0 Å².